The van der Waals surface area contributed by atoms with Gasteiger partial charge >= 0.3 is 11.9 Å². The Morgan fingerprint density at radius 3 is 2.60 bits per heavy atom. The fourth-order valence-corrected chi connectivity index (χ4v) is 4.78. The molecule has 158 valence electrons. The van der Waals surface area contributed by atoms with Crippen LogP contribution < -0.4 is 4.74 Å². The lowest BCUT2D eigenvalue weighted by atomic mass is 10.1. The van der Waals surface area contributed by atoms with Gasteiger partial charge in [-0.3, -0.25) is 9.00 Å². The Hall–Kier alpha value is -2.52. The van der Waals surface area contributed by atoms with Gasteiger partial charge in [0, 0.05) is 29.9 Å². The standard InChI is InChI=1S/C21H19BrFNO5S/c1-4-28-21(26)20-15-9-19(29-12(2)25)16(22)10-17(15)24(3)18(20)11-30(27)14-7-5-6-13(23)8-14/h5-10H,4,11H2,1-3H3/t30-/m1/s1. The minimum atomic E-state index is -1.60. The van der Waals surface area contributed by atoms with Gasteiger partial charge in [0.25, 0.3) is 0 Å². The highest BCUT2D eigenvalue weighted by Crippen LogP contribution is 2.36. The van der Waals surface area contributed by atoms with E-state index in [1.54, 1.807) is 36.7 Å². The van der Waals surface area contributed by atoms with E-state index in [4.69, 9.17) is 9.47 Å². The number of hydrogen-bond donors (Lipinski definition) is 0. The van der Waals surface area contributed by atoms with Crippen LogP contribution in [0.25, 0.3) is 10.9 Å². The third kappa shape index (κ3) is 4.46. The van der Waals surface area contributed by atoms with Crippen molar-refractivity contribution in [3.8, 4) is 5.75 Å². The number of aryl methyl sites for hydroxylation is 1. The van der Waals surface area contributed by atoms with Crippen LogP contribution in [0.3, 0.4) is 0 Å². The molecule has 0 aliphatic carbocycles. The molecule has 0 spiro atoms. The summed E-state index contributed by atoms with van der Waals surface area (Å²) in [5, 5.41) is 0.502. The van der Waals surface area contributed by atoms with Gasteiger partial charge in [0.2, 0.25) is 0 Å². The van der Waals surface area contributed by atoms with Gasteiger partial charge in [0.1, 0.15) is 11.6 Å². The van der Waals surface area contributed by atoms with Crippen molar-refractivity contribution in [1.82, 2.24) is 4.57 Å². The number of ether oxygens (including phenoxy) is 2. The van der Waals surface area contributed by atoms with Crippen molar-refractivity contribution in [1.29, 1.82) is 0 Å². The molecular formula is C21H19BrFNO5S. The normalized spacial score (nSPS) is 12.0. The number of aromatic nitrogens is 1. The van der Waals surface area contributed by atoms with Gasteiger partial charge < -0.3 is 14.0 Å². The lowest BCUT2D eigenvalue weighted by Gasteiger charge is -2.08. The van der Waals surface area contributed by atoms with Crippen LogP contribution in [0.15, 0.2) is 45.8 Å². The van der Waals surface area contributed by atoms with E-state index in [1.807, 2.05) is 0 Å². The lowest BCUT2D eigenvalue weighted by molar-refractivity contribution is -0.131. The van der Waals surface area contributed by atoms with Gasteiger partial charge in [-0.05, 0) is 53.2 Å². The van der Waals surface area contributed by atoms with E-state index in [0.29, 0.717) is 26.0 Å². The molecule has 30 heavy (non-hydrogen) atoms. The largest absolute Gasteiger partial charge is 0.462 e. The number of carbonyl (C=O) groups excluding carboxylic acids is 2. The summed E-state index contributed by atoms with van der Waals surface area (Å²) < 4.78 is 39.2. The molecule has 1 atom stereocenters. The highest BCUT2D eigenvalue weighted by molar-refractivity contribution is 9.10. The van der Waals surface area contributed by atoms with Crippen molar-refractivity contribution >= 4 is 49.6 Å². The minimum absolute atomic E-state index is 0.0245. The predicted octanol–water partition coefficient (Wildman–Crippen LogP) is 4.49. The van der Waals surface area contributed by atoms with Gasteiger partial charge in [-0.15, -0.1) is 0 Å². The van der Waals surface area contributed by atoms with Crippen molar-refractivity contribution in [3.63, 3.8) is 0 Å². The lowest BCUT2D eigenvalue weighted by Crippen LogP contribution is -2.11. The summed E-state index contributed by atoms with van der Waals surface area (Å²) in [6, 6.07) is 8.82. The third-order valence-electron chi connectivity index (χ3n) is 4.43. The molecule has 0 radical (unpaired) electrons. The Labute approximate surface area is 183 Å². The zero-order chi connectivity index (χ0) is 22.0. The molecule has 0 unspecified atom stereocenters. The first kappa shape index (κ1) is 22.2. The number of nitrogens with zero attached hydrogens (tertiary/aromatic N) is 1. The number of fused-ring (bicyclic) bond motifs is 1. The van der Waals surface area contributed by atoms with Crippen LogP contribution in [0, 0.1) is 5.82 Å². The molecule has 1 heterocycles. The summed E-state index contributed by atoms with van der Waals surface area (Å²) in [6.07, 6.45) is 0. The molecule has 9 heteroatoms. The maximum absolute atomic E-state index is 13.6. The van der Waals surface area contributed by atoms with Gasteiger partial charge in [-0.25, -0.2) is 9.18 Å². The first-order chi connectivity index (χ1) is 14.2. The predicted molar refractivity (Wildman–Crippen MR) is 114 cm³/mol. The van der Waals surface area contributed by atoms with Crippen molar-refractivity contribution in [3.05, 3.63) is 57.9 Å². The molecule has 0 saturated carbocycles. The van der Waals surface area contributed by atoms with Gasteiger partial charge in [-0.2, -0.15) is 0 Å². The van der Waals surface area contributed by atoms with E-state index in [9.17, 15) is 18.2 Å². The van der Waals surface area contributed by atoms with Crippen molar-refractivity contribution in [2.24, 2.45) is 7.05 Å². The summed E-state index contributed by atoms with van der Waals surface area (Å²) >= 11 is 3.37. The average molecular weight is 496 g/mol. The highest BCUT2D eigenvalue weighted by Gasteiger charge is 2.25. The van der Waals surface area contributed by atoms with E-state index >= 15 is 0 Å². The van der Waals surface area contributed by atoms with Crippen molar-refractivity contribution < 1.29 is 27.7 Å². The maximum atomic E-state index is 13.6. The van der Waals surface area contributed by atoms with E-state index in [1.165, 1.54) is 25.1 Å². The number of carbonyl (C=O) groups is 2. The van der Waals surface area contributed by atoms with E-state index in [0.717, 1.165) is 0 Å². The molecule has 3 aromatic rings. The second-order valence-electron chi connectivity index (χ2n) is 6.44. The van der Waals surface area contributed by atoms with Crippen LogP contribution in [0.1, 0.15) is 29.9 Å². The molecule has 0 aliphatic heterocycles. The van der Waals surface area contributed by atoms with E-state index in [-0.39, 0.29) is 23.7 Å². The molecule has 6 nitrogen and oxygen atoms in total. The van der Waals surface area contributed by atoms with Gasteiger partial charge in [0.15, 0.2) is 0 Å². The Kier molecular flexibility index (Phi) is 6.72. The molecule has 2 aromatic carbocycles. The number of esters is 2. The van der Waals surface area contributed by atoms with Crippen LogP contribution in [0.5, 0.6) is 5.75 Å². The van der Waals surface area contributed by atoms with E-state index in [2.05, 4.69) is 15.9 Å². The summed E-state index contributed by atoms with van der Waals surface area (Å²) in [5.41, 5.74) is 1.37. The zero-order valence-electron chi connectivity index (χ0n) is 16.5. The van der Waals surface area contributed by atoms with Crippen LogP contribution in [-0.4, -0.2) is 27.3 Å². The average Bonchev–Trinajstić information content (AvgIpc) is 2.93. The Balaban J connectivity index is 2.17. The summed E-state index contributed by atoms with van der Waals surface area (Å²) in [6.45, 7) is 3.13. The van der Waals surface area contributed by atoms with Gasteiger partial charge in [0.05, 0.1) is 38.7 Å². The number of benzene rings is 2. The molecule has 0 amide bonds. The van der Waals surface area contributed by atoms with Crippen LogP contribution in [0.2, 0.25) is 0 Å². The second kappa shape index (κ2) is 9.09. The zero-order valence-corrected chi connectivity index (χ0v) is 18.9. The molecule has 1 aromatic heterocycles. The Morgan fingerprint density at radius 1 is 1.23 bits per heavy atom. The third-order valence-corrected chi connectivity index (χ3v) is 6.37. The molecular weight excluding hydrogens is 477 g/mol. The smallest absolute Gasteiger partial charge is 0.340 e. The molecule has 0 fully saturated rings. The van der Waals surface area contributed by atoms with Crippen LogP contribution >= 0.6 is 15.9 Å². The number of hydrogen-bond acceptors (Lipinski definition) is 5. The first-order valence-electron chi connectivity index (χ1n) is 9.03. The van der Waals surface area contributed by atoms with Crippen LogP contribution in [-0.2, 0) is 33.1 Å². The summed E-state index contributed by atoms with van der Waals surface area (Å²) in [7, 11) is 0.139. The van der Waals surface area contributed by atoms with Crippen molar-refractivity contribution in [2.75, 3.05) is 6.61 Å². The van der Waals surface area contributed by atoms with Gasteiger partial charge in [-0.1, -0.05) is 6.07 Å². The Bertz CT molecular complexity index is 1170. The van der Waals surface area contributed by atoms with Crippen LogP contribution in [0.4, 0.5) is 4.39 Å². The van der Waals surface area contributed by atoms with E-state index < -0.39 is 28.6 Å². The molecule has 0 saturated heterocycles. The second-order valence-corrected chi connectivity index (χ2v) is 8.75. The SMILES string of the molecule is CCOC(=O)c1c(C[S@@](=O)c2cccc(F)c2)n(C)c2cc(Br)c(OC(C)=O)cc12. The molecule has 3 rings (SSSR count). The monoisotopic (exact) mass is 495 g/mol. The maximum Gasteiger partial charge on any atom is 0.340 e. The quantitative estimate of drug-likeness (QED) is 0.372. The fraction of sp³-hybridized carbons (Fsp3) is 0.238. The molecule has 0 aliphatic rings. The summed E-state index contributed by atoms with van der Waals surface area (Å²) in [4.78, 5) is 24.5. The number of rotatable bonds is 6. The molecule has 0 bridgehead atoms. The first-order valence-corrected chi connectivity index (χ1v) is 11.1. The molecule has 0 N–H and O–H groups in total. The summed E-state index contributed by atoms with van der Waals surface area (Å²) in [5.74, 6) is -1.34. The highest BCUT2D eigenvalue weighted by atomic mass is 79.9. The Morgan fingerprint density at radius 2 is 1.97 bits per heavy atom. The fourth-order valence-electron chi connectivity index (χ4n) is 3.14. The number of halogens is 2. The topological polar surface area (TPSA) is 74.6 Å². The van der Waals surface area contributed by atoms with Crippen molar-refractivity contribution in [2.45, 2.75) is 24.5 Å². The minimum Gasteiger partial charge on any atom is -0.462 e.